The zero-order chi connectivity index (χ0) is 11.5. The fourth-order valence-electron chi connectivity index (χ4n) is 1.02. The van der Waals surface area contributed by atoms with Gasteiger partial charge in [-0.3, -0.25) is 0 Å². The minimum Gasteiger partial charge on any atom is -0.476 e. The molecule has 0 aliphatic carbocycles. The van der Waals surface area contributed by atoms with Gasteiger partial charge in [0.15, 0.2) is 5.69 Å². The maximum atomic E-state index is 10.6. The van der Waals surface area contributed by atoms with E-state index in [4.69, 9.17) is 5.11 Å². The summed E-state index contributed by atoms with van der Waals surface area (Å²) in [6.07, 6.45) is 0. The number of carbonyl (C=O) groups is 1. The standard InChI is InChI=1S/C7H8N6O2S/c1-13-7(10-11-12-13)8-2-5-9-4(3-16-5)6(14)15/h3H,2H2,1H3,(H,14,15)(H,8,10,12). The van der Waals surface area contributed by atoms with Crippen LogP contribution in [0.3, 0.4) is 0 Å². The molecule has 2 rings (SSSR count). The van der Waals surface area contributed by atoms with E-state index in [0.717, 1.165) is 0 Å². The minimum absolute atomic E-state index is 0.0536. The van der Waals surface area contributed by atoms with Crippen molar-refractivity contribution in [2.24, 2.45) is 7.05 Å². The quantitative estimate of drug-likeness (QED) is 0.773. The van der Waals surface area contributed by atoms with Gasteiger partial charge in [-0.2, -0.15) is 0 Å². The summed E-state index contributed by atoms with van der Waals surface area (Å²) in [5, 5.41) is 24.6. The van der Waals surface area contributed by atoms with Gasteiger partial charge in [-0.05, 0) is 10.4 Å². The first kappa shape index (κ1) is 10.5. The van der Waals surface area contributed by atoms with Gasteiger partial charge in [-0.25, -0.2) is 14.5 Å². The van der Waals surface area contributed by atoms with E-state index in [2.05, 4.69) is 25.8 Å². The van der Waals surface area contributed by atoms with Crippen molar-refractivity contribution in [3.63, 3.8) is 0 Å². The zero-order valence-electron chi connectivity index (χ0n) is 8.28. The highest BCUT2D eigenvalue weighted by molar-refractivity contribution is 7.09. The van der Waals surface area contributed by atoms with Crippen LogP contribution in [0.25, 0.3) is 0 Å². The molecule has 0 unspecified atom stereocenters. The number of aromatic carboxylic acids is 1. The molecule has 0 saturated heterocycles. The summed E-state index contributed by atoms with van der Waals surface area (Å²) in [6.45, 7) is 0.395. The van der Waals surface area contributed by atoms with Crippen LogP contribution in [0, 0.1) is 0 Å². The van der Waals surface area contributed by atoms with E-state index in [-0.39, 0.29) is 5.69 Å². The summed E-state index contributed by atoms with van der Waals surface area (Å²) in [5.74, 6) is -0.519. The molecule has 0 aliphatic rings. The highest BCUT2D eigenvalue weighted by Crippen LogP contribution is 2.11. The molecule has 2 aromatic rings. The lowest BCUT2D eigenvalue weighted by Crippen LogP contribution is -2.06. The average molecular weight is 240 g/mol. The molecule has 0 fully saturated rings. The number of nitrogens with zero attached hydrogens (tertiary/aromatic N) is 5. The predicted molar refractivity (Wildman–Crippen MR) is 55.2 cm³/mol. The fourth-order valence-corrected chi connectivity index (χ4v) is 1.73. The molecule has 0 aromatic carbocycles. The molecule has 2 aromatic heterocycles. The summed E-state index contributed by atoms with van der Waals surface area (Å²) < 4.78 is 1.48. The Morgan fingerprint density at radius 3 is 3.06 bits per heavy atom. The van der Waals surface area contributed by atoms with Crippen LogP contribution in [-0.4, -0.2) is 36.3 Å². The molecule has 0 aliphatic heterocycles. The first-order valence-corrected chi connectivity index (χ1v) is 5.18. The largest absolute Gasteiger partial charge is 0.476 e. The third-order valence-corrected chi connectivity index (χ3v) is 2.64. The molecule has 0 atom stereocenters. The molecule has 16 heavy (non-hydrogen) atoms. The van der Waals surface area contributed by atoms with Crippen LogP contribution >= 0.6 is 11.3 Å². The van der Waals surface area contributed by atoms with Crippen molar-refractivity contribution in [3.05, 3.63) is 16.1 Å². The topological polar surface area (TPSA) is 106 Å². The van der Waals surface area contributed by atoms with E-state index in [1.54, 1.807) is 7.05 Å². The molecule has 0 radical (unpaired) electrons. The highest BCUT2D eigenvalue weighted by atomic mass is 32.1. The van der Waals surface area contributed by atoms with Crippen molar-refractivity contribution in [1.29, 1.82) is 0 Å². The van der Waals surface area contributed by atoms with Crippen molar-refractivity contribution in [2.45, 2.75) is 6.54 Å². The Labute approximate surface area is 93.9 Å². The number of anilines is 1. The zero-order valence-corrected chi connectivity index (χ0v) is 9.10. The fraction of sp³-hybridized carbons (Fsp3) is 0.286. The van der Waals surface area contributed by atoms with Crippen molar-refractivity contribution >= 4 is 23.3 Å². The SMILES string of the molecule is Cn1nnnc1NCc1nc(C(=O)O)cs1. The van der Waals surface area contributed by atoms with Crippen LogP contribution in [0.1, 0.15) is 15.5 Å². The average Bonchev–Trinajstić information content (AvgIpc) is 2.83. The number of aromatic nitrogens is 5. The van der Waals surface area contributed by atoms with Gasteiger partial charge >= 0.3 is 5.97 Å². The smallest absolute Gasteiger partial charge is 0.355 e. The number of aryl methyl sites for hydroxylation is 1. The molecule has 0 bridgehead atoms. The number of tetrazole rings is 1. The van der Waals surface area contributed by atoms with Crippen molar-refractivity contribution in [1.82, 2.24) is 25.2 Å². The maximum absolute atomic E-state index is 10.6. The molecule has 2 heterocycles. The molecule has 0 spiro atoms. The van der Waals surface area contributed by atoms with Gasteiger partial charge in [0.1, 0.15) is 5.01 Å². The Hall–Kier alpha value is -2.03. The molecule has 8 nitrogen and oxygen atoms in total. The number of nitrogens with one attached hydrogen (secondary N) is 1. The number of thiazole rings is 1. The Bertz CT molecular complexity index is 506. The molecule has 0 amide bonds. The second kappa shape index (κ2) is 4.23. The number of rotatable bonds is 4. The Kier molecular flexibility index (Phi) is 2.77. The van der Waals surface area contributed by atoms with Crippen LogP contribution in [0.4, 0.5) is 5.95 Å². The first-order valence-electron chi connectivity index (χ1n) is 4.30. The van der Waals surface area contributed by atoms with Crippen molar-refractivity contribution < 1.29 is 9.90 Å². The summed E-state index contributed by atoms with van der Waals surface area (Å²) in [6, 6.07) is 0. The van der Waals surface area contributed by atoms with Crippen LogP contribution < -0.4 is 5.32 Å². The molecule has 2 N–H and O–H groups in total. The normalized spacial score (nSPS) is 10.3. The second-order valence-electron chi connectivity index (χ2n) is 2.91. The third-order valence-electron chi connectivity index (χ3n) is 1.79. The van der Waals surface area contributed by atoms with Crippen LogP contribution in [0.15, 0.2) is 5.38 Å². The summed E-state index contributed by atoms with van der Waals surface area (Å²) in [7, 11) is 1.70. The van der Waals surface area contributed by atoms with E-state index in [1.807, 2.05) is 0 Å². The third kappa shape index (κ3) is 2.14. The van der Waals surface area contributed by atoms with Gasteiger partial charge in [0, 0.05) is 12.4 Å². The van der Waals surface area contributed by atoms with Crippen LogP contribution in [0.2, 0.25) is 0 Å². The van der Waals surface area contributed by atoms with E-state index < -0.39 is 5.97 Å². The van der Waals surface area contributed by atoms with Gasteiger partial charge in [0.25, 0.3) is 0 Å². The van der Waals surface area contributed by atoms with Crippen LogP contribution in [-0.2, 0) is 13.6 Å². The maximum Gasteiger partial charge on any atom is 0.355 e. The Morgan fingerprint density at radius 1 is 1.69 bits per heavy atom. The summed E-state index contributed by atoms with van der Waals surface area (Å²) >= 11 is 1.27. The number of hydrogen-bond donors (Lipinski definition) is 2. The lowest BCUT2D eigenvalue weighted by molar-refractivity contribution is 0.0691. The van der Waals surface area contributed by atoms with Gasteiger partial charge in [-0.1, -0.05) is 5.10 Å². The number of carboxylic acid groups (broad SMARTS) is 1. The Balaban J connectivity index is 2.00. The van der Waals surface area contributed by atoms with Crippen molar-refractivity contribution in [2.75, 3.05) is 5.32 Å². The van der Waals surface area contributed by atoms with Gasteiger partial charge in [0.2, 0.25) is 5.95 Å². The summed E-state index contributed by atoms with van der Waals surface area (Å²) in [5.41, 5.74) is 0.0536. The molecule has 9 heteroatoms. The van der Waals surface area contributed by atoms with Crippen molar-refractivity contribution in [3.8, 4) is 0 Å². The Morgan fingerprint density at radius 2 is 2.50 bits per heavy atom. The predicted octanol–water partition coefficient (Wildman–Crippen LogP) is -0.0231. The summed E-state index contributed by atoms with van der Waals surface area (Å²) in [4.78, 5) is 14.5. The number of hydrogen-bond acceptors (Lipinski definition) is 7. The second-order valence-corrected chi connectivity index (χ2v) is 3.85. The lowest BCUT2D eigenvalue weighted by Gasteiger charge is -1.99. The van der Waals surface area contributed by atoms with E-state index in [9.17, 15) is 4.79 Å². The first-order chi connectivity index (χ1) is 7.66. The van der Waals surface area contributed by atoms with Gasteiger partial charge in [0.05, 0.1) is 6.54 Å². The molecular weight excluding hydrogens is 232 g/mol. The van der Waals surface area contributed by atoms with E-state index >= 15 is 0 Å². The molecule has 84 valence electrons. The number of carboxylic acids is 1. The van der Waals surface area contributed by atoms with E-state index in [1.165, 1.54) is 21.4 Å². The minimum atomic E-state index is -1.03. The van der Waals surface area contributed by atoms with Gasteiger partial charge < -0.3 is 10.4 Å². The lowest BCUT2D eigenvalue weighted by atomic mass is 10.5. The van der Waals surface area contributed by atoms with E-state index in [0.29, 0.717) is 17.5 Å². The molecular formula is C7H8N6O2S. The van der Waals surface area contributed by atoms with Gasteiger partial charge in [-0.15, -0.1) is 11.3 Å². The van der Waals surface area contributed by atoms with Crippen LogP contribution in [0.5, 0.6) is 0 Å². The monoisotopic (exact) mass is 240 g/mol. The molecule has 0 saturated carbocycles. The highest BCUT2D eigenvalue weighted by Gasteiger charge is 2.09.